The molecule has 0 bridgehead atoms. The Labute approximate surface area is 123 Å². The summed E-state index contributed by atoms with van der Waals surface area (Å²) in [7, 11) is -2.71. The highest BCUT2D eigenvalue weighted by molar-refractivity contribution is 7.89. The Hall–Kier alpha value is -1.67. The Morgan fingerprint density at radius 3 is 2.62 bits per heavy atom. The van der Waals surface area contributed by atoms with E-state index in [9.17, 15) is 17.6 Å². The average Bonchev–Trinajstić information content (AvgIpc) is 2.37. The van der Waals surface area contributed by atoms with Crippen LogP contribution in [0.15, 0.2) is 23.1 Å². The number of halogens is 1. The third-order valence-corrected chi connectivity index (χ3v) is 4.33. The van der Waals surface area contributed by atoms with E-state index >= 15 is 0 Å². The number of carbonyl (C=O) groups is 1. The van der Waals surface area contributed by atoms with Crippen LogP contribution in [0, 0.1) is 5.82 Å². The lowest BCUT2D eigenvalue weighted by Crippen LogP contribution is -2.36. The van der Waals surface area contributed by atoms with Crippen LogP contribution in [0.2, 0.25) is 0 Å². The van der Waals surface area contributed by atoms with Crippen LogP contribution in [0.3, 0.4) is 0 Å². The molecule has 0 spiro atoms. The van der Waals surface area contributed by atoms with Gasteiger partial charge in [0.05, 0.1) is 18.4 Å². The van der Waals surface area contributed by atoms with E-state index in [2.05, 4.69) is 4.72 Å². The van der Waals surface area contributed by atoms with Crippen LogP contribution in [-0.4, -0.2) is 32.6 Å². The highest BCUT2D eigenvalue weighted by Crippen LogP contribution is 2.21. The van der Waals surface area contributed by atoms with Crippen LogP contribution < -0.4 is 9.46 Å². The first kappa shape index (κ1) is 17.4. The van der Waals surface area contributed by atoms with Gasteiger partial charge in [-0.1, -0.05) is 13.3 Å². The van der Waals surface area contributed by atoms with Crippen LogP contribution in [0.1, 0.15) is 26.2 Å². The van der Waals surface area contributed by atoms with Crippen molar-refractivity contribution in [2.24, 2.45) is 0 Å². The summed E-state index contributed by atoms with van der Waals surface area (Å²) in [4.78, 5) is 10.5. The van der Waals surface area contributed by atoms with Crippen molar-refractivity contribution in [1.82, 2.24) is 4.72 Å². The second-order valence-corrected chi connectivity index (χ2v) is 6.22. The van der Waals surface area contributed by atoms with Crippen molar-refractivity contribution in [3.8, 4) is 5.75 Å². The molecule has 0 fully saturated rings. The first-order valence-electron chi connectivity index (χ1n) is 6.37. The predicted molar refractivity (Wildman–Crippen MR) is 74.2 cm³/mol. The van der Waals surface area contributed by atoms with E-state index < -0.39 is 27.9 Å². The number of aliphatic carboxylic acids is 1. The Bertz CT molecular complexity index is 603. The molecule has 0 aromatic heterocycles. The van der Waals surface area contributed by atoms with Crippen molar-refractivity contribution < 1.29 is 27.4 Å². The summed E-state index contributed by atoms with van der Waals surface area (Å²) in [6.07, 6.45) is 0.674. The summed E-state index contributed by atoms with van der Waals surface area (Å²) in [6.45, 7) is 1.82. The minimum absolute atomic E-state index is 0.0652. The van der Waals surface area contributed by atoms with Crippen LogP contribution in [0.25, 0.3) is 0 Å². The zero-order valence-electron chi connectivity index (χ0n) is 11.8. The number of hydrogen-bond acceptors (Lipinski definition) is 4. The summed E-state index contributed by atoms with van der Waals surface area (Å²) < 4.78 is 44.9. The molecule has 0 amide bonds. The largest absolute Gasteiger partial charge is 0.494 e. The molecule has 118 valence electrons. The van der Waals surface area contributed by atoms with Crippen molar-refractivity contribution in [1.29, 1.82) is 0 Å². The van der Waals surface area contributed by atoms with E-state index in [0.29, 0.717) is 12.8 Å². The van der Waals surface area contributed by atoms with E-state index in [0.717, 1.165) is 6.07 Å². The first-order chi connectivity index (χ1) is 9.80. The maximum absolute atomic E-state index is 13.6. The molecule has 0 aliphatic rings. The molecular formula is C13H18FNO5S. The van der Waals surface area contributed by atoms with Gasteiger partial charge in [-0.15, -0.1) is 0 Å². The molecule has 1 rings (SSSR count). The van der Waals surface area contributed by atoms with Gasteiger partial charge in [-0.05, 0) is 24.6 Å². The van der Waals surface area contributed by atoms with E-state index in [-0.39, 0.29) is 17.1 Å². The average molecular weight is 319 g/mol. The van der Waals surface area contributed by atoms with Crippen molar-refractivity contribution in [2.75, 3.05) is 7.11 Å². The lowest BCUT2D eigenvalue weighted by Gasteiger charge is -2.16. The van der Waals surface area contributed by atoms with Crippen molar-refractivity contribution >= 4 is 16.0 Å². The number of hydrogen-bond donors (Lipinski definition) is 2. The second kappa shape index (κ2) is 7.37. The van der Waals surface area contributed by atoms with Gasteiger partial charge >= 0.3 is 5.97 Å². The monoisotopic (exact) mass is 319 g/mol. The predicted octanol–water partition coefficient (Wildman–Crippen LogP) is 1.76. The molecule has 1 aromatic carbocycles. The van der Waals surface area contributed by atoms with E-state index in [1.54, 1.807) is 0 Å². The van der Waals surface area contributed by atoms with Crippen LogP contribution in [0.4, 0.5) is 4.39 Å². The summed E-state index contributed by atoms with van der Waals surface area (Å²) in [5.74, 6) is -1.97. The molecule has 0 aliphatic heterocycles. The number of carboxylic acids is 1. The number of sulfonamides is 1. The summed E-state index contributed by atoms with van der Waals surface area (Å²) >= 11 is 0. The third-order valence-electron chi connectivity index (χ3n) is 2.81. The number of rotatable bonds is 8. The topological polar surface area (TPSA) is 92.7 Å². The molecule has 21 heavy (non-hydrogen) atoms. The number of nitrogens with one attached hydrogen (secondary N) is 1. The van der Waals surface area contributed by atoms with Gasteiger partial charge in [0.15, 0.2) is 11.6 Å². The molecule has 1 atom stereocenters. The molecule has 0 aliphatic carbocycles. The Morgan fingerprint density at radius 1 is 1.48 bits per heavy atom. The van der Waals surface area contributed by atoms with Gasteiger partial charge in [-0.3, -0.25) is 4.79 Å². The quantitative estimate of drug-likeness (QED) is 0.761. The minimum Gasteiger partial charge on any atom is -0.494 e. The molecule has 0 saturated heterocycles. The second-order valence-electron chi connectivity index (χ2n) is 4.50. The maximum atomic E-state index is 13.6. The molecule has 6 nitrogen and oxygen atoms in total. The van der Waals surface area contributed by atoms with E-state index in [4.69, 9.17) is 9.84 Å². The zero-order valence-corrected chi connectivity index (χ0v) is 12.6. The van der Waals surface area contributed by atoms with Crippen LogP contribution in [-0.2, 0) is 14.8 Å². The molecule has 0 heterocycles. The smallest absolute Gasteiger partial charge is 0.304 e. The van der Waals surface area contributed by atoms with Gasteiger partial charge in [0.25, 0.3) is 0 Å². The fourth-order valence-electron chi connectivity index (χ4n) is 1.86. The summed E-state index contributed by atoms with van der Waals surface area (Å²) in [6, 6.07) is 2.51. The molecule has 1 unspecified atom stereocenters. The molecule has 1 aromatic rings. The highest BCUT2D eigenvalue weighted by atomic mass is 32.2. The minimum atomic E-state index is -3.98. The van der Waals surface area contributed by atoms with Gasteiger partial charge in [0, 0.05) is 6.04 Å². The van der Waals surface area contributed by atoms with E-state index in [1.165, 1.54) is 19.2 Å². The van der Waals surface area contributed by atoms with Gasteiger partial charge in [0.1, 0.15) is 0 Å². The number of benzene rings is 1. The standard InChI is InChI=1S/C13H18FNO5S/c1-3-4-9(7-13(16)17)15-21(18,19)10-5-6-12(20-2)11(14)8-10/h5-6,8-9,15H,3-4,7H2,1-2H3,(H,16,17). The fourth-order valence-corrected chi connectivity index (χ4v) is 3.15. The molecular weight excluding hydrogens is 301 g/mol. The molecule has 2 N–H and O–H groups in total. The third kappa shape index (κ3) is 4.98. The lowest BCUT2D eigenvalue weighted by atomic mass is 10.1. The van der Waals surface area contributed by atoms with E-state index in [1.807, 2.05) is 6.92 Å². The van der Waals surface area contributed by atoms with Gasteiger partial charge in [-0.2, -0.15) is 0 Å². The van der Waals surface area contributed by atoms with Crippen molar-refractivity contribution in [2.45, 2.75) is 37.1 Å². The van der Waals surface area contributed by atoms with Gasteiger partial charge < -0.3 is 9.84 Å². The van der Waals surface area contributed by atoms with Crippen LogP contribution in [0.5, 0.6) is 5.75 Å². The first-order valence-corrected chi connectivity index (χ1v) is 7.86. The summed E-state index contributed by atoms with van der Waals surface area (Å²) in [5, 5.41) is 8.78. The number of carboxylic acid groups (broad SMARTS) is 1. The zero-order chi connectivity index (χ0) is 16.0. The number of methoxy groups -OCH3 is 1. The normalized spacial score (nSPS) is 12.9. The SMILES string of the molecule is CCCC(CC(=O)O)NS(=O)(=O)c1ccc(OC)c(F)c1. The maximum Gasteiger partial charge on any atom is 0.304 e. The van der Waals surface area contributed by atoms with Crippen LogP contribution >= 0.6 is 0 Å². The molecule has 8 heteroatoms. The Kier molecular flexibility index (Phi) is 6.10. The molecule has 0 saturated carbocycles. The summed E-state index contributed by atoms with van der Waals surface area (Å²) in [5.41, 5.74) is 0. The Balaban J connectivity index is 2.98. The molecule has 0 radical (unpaired) electrons. The van der Waals surface area contributed by atoms with Crippen molar-refractivity contribution in [3.05, 3.63) is 24.0 Å². The van der Waals surface area contributed by atoms with Crippen molar-refractivity contribution in [3.63, 3.8) is 0 Å². The number of ether oxygens (including phenoxy) is 1. The lowest BCUT2D eigenvalue weighted by molar-refractivity contribution is -0.137. The highest BCUT2D eigenvalue weighted by Gasteiger charge is 2.22. The Morgan fingerprint density at radius 2 is 2.14 bits per heavy atom. The van der Waals surface area contributed by atoms with Gasteiger partial charge in [-0.25, -0.2) is 17.5 Å². The fraction of sp³-hybridized carbons (Fsp3) is 0.462. The van der Waals surface area contributed by atoms with Gasteiger partial charge in [0.2, 0.25) is 10.0 Å².